The van der Waals surface area contributed by atoms with Gasteiger partial charge in [-0.1, -0.05) is 6.07 Å². The van der Waals surface area contributed by atoms with Crippen molar-refractivity contribution in [1.29, 1.82) is 0 Å². The second-order valence-electron chi connectivity index (χ2n) is 2.29. The Kier molecular flexibility index (Phi) is 1.56. The SMILES string of the molecule is NCc1ccc2nsnc2c1. The van der Waals surface area contributed by atoms with E-state index in [0.29, 0.717) is 6.54 Å². The third-order valence-corrected chi connectivity index (χ3v) is 2.11. The number of hydrogen-bond donors (Lipinski definition) is 1. The molecule has 0 aliphatic carbocycles. The lowest BCUT2D eigenvalue weighted by Gasteiger charge is -1.92. The molecular formula is C7H7N3S. The van der Waals surface area contributed by atoms with E-state index in [9.17, 15) is 0 Å². The Labute approximate surface area is 68.2 Å². The van der Waals surface area contributed by atoms with E-state index in [1.54, 1.807) is 0 Å². The maximum Gasteiger partial charge on any atom is 0.105 e. The van der Waals surface area contributed by atoms with Gasteiger partial charge in [-0.15, -0.1) is 0 Å². The van der Waals surface area contributed by atoms with E-state index in [1.807, 2.05) is 18.2 Å². The van der Waals surface area contributed by atoms with Crippen LogP contribution >= 0.6 is 11.7 Å². The Morgan fingerprint density at radius 1 is 1.27 bits per heavy atom. The largest absolute Gasteiger partial charge is 0.326 e. The minimum atomic E-state index is 0.563. The van der Waals surface area contributed by atoms with Crippen LogP contribution in [0.25, 0.3) is 11.0 Å². The first-order valence-corrected chi connectivity index (χ1v) is 4.04. The zero-order chi connectivity index (χ0) is 7.68. The van der Waals surface area contributed by atoms with Crippen molar-refractivity contribution in [1.82, 2.24) is 8.75 Å². The minimum absolute atomic E-state index is 0.563. The number of hydrogen-bond acceptors (Lipinski definition) is 4. The molecule has 3 nitrogen and oxygen atoms in total. The van der Waals surface area contributed by atoms with Crippen LogP contribution in [0.5, 0.6) is 0 Å². The van der Waals surface area contributed by atoms with Gasteiger partial charge in [0.25, 0.3) is 0 Å². The predicted octanol–water partition coefficient (Wildman–Crippen LogP) is 1.15. The Morgan fingerprint density at radius 3 is 2.91 bits per heavy atom. The van der Waals surface area contributed by atoms with Gasteiger partial charge in [-0.3, -0.25) is 0 Å². The van der Waals surface area contributed by atoms with Crippen LogP contribution in [0.3, 0.4) is 0 Å². The molecule has 0 aliphatic rings. The summed E-state index contributed by atoms with van der Waals surface area (Å²) < 4.78 is 8.19. The van der Waals surface area contributed by atoms with Crippen LogP contribution in [0, 0.1) is 0 Å². The van der Waals surface area contributed by atoms with Crippen molar-refractivity contribution in [3.8, 4) is 0 Å². The van der Waals surface area contributed by atoms with Crippen molar-refractivity contribution >= 4 is 22.8 Å². The molecule has 0 radical (unpaired) electrons. The Bertz CT molecular complexity index is 368. The second kappa shape index (κ2) is 2.56. The molecule has 1 aromatic carbocycles. The van der Waals surface area contributed by atoms with Gasteiger partial charge >= 0.3 is 0 Å². The first-order valence-electron chi connectivity index (χ1n) is 3.31. The lowest BCUT2D eigenvalue weighted by molar-refractivity contribution is 1.07. The molecule has 1 heterocycles. The van der Waals surface area contributed by atoms with E-state index in [0.717, 1.165) is 16.6 Å². The summed E-state index contributed by atoms with van der Waals surface area (Å²) in [7, 11) is 0. The number of aromatic nitrogens is 2. The summed E-state index contributed by atoms with van der Waals surface area (Å²) in [6, 6.07) is 5.89. The predicted molar refractivity (Wildman–Crippen MR) is 45.3 cm³/mol. The molecule has 0 aliphatic heterocycles. The number of nitrogens with two attached hydrogens (primary N) is 1. The molecule has 0 fully saturated rings. The van der Waals surface area contributed by atoms with E-state index in [-0.39, 0.29) is 0 Å². The summed E-state index contributed by atoms with van der Waals surface area (Å²) in [6.07, 6.45) is 0. The molecule has 0 bridgehead atoms. The average Bonchev–Trinajstić information content (AvgIpc) is 2.50. The number of fused-ring (bicyclic) bond motifs is 1. The van der Waals surface area contributed by atoms with E-state index in [1.165, 1.54) is 11.7 Å². The van der Waals surface area contributed by atoms with Crippen molar-refractivity contribution in [2.45, 2.75) is 6.54 Å². The molecule has 56 valence electrons. The summed E-state index contributed by atoms with van der Waals surface area (Å²) in [5, 5.41) is 0. The number of nitrogens with zero attached hydrogens (tertiary/aromatic N) is 2. The fourth-order valence-corrected chi connectivity index (χ4v) is 1.47. The van der Waals surface area contributed by atoms with Crippen LogP contribution in [-0.4, -0.2) is 8.75 Å². The fraction of sp³-hybridized carbons (Fsp3) is 0.143. The maximum absolute atomic E-state index is 5.46. The molecule has 4 heteroatoms. The zero-order valence-corrected chi connectivity index (χ0v) is 6.64. The third-order valence-electron chi connectivity index (χ3n) is 1.55. The van der Waals surface area contributed by atoms with Crippen molar-refractivity contribution in [3.63, 3.8) is 0 Å². The highest BCUT2D eigenvalue weighted by molar-refractivity contribution is 7.00. The smallest absolute Gasteiger partial charge is 0.105 e. The molecule has 1 aromatic heterocycles. The van der Waals surface area contributed by atoms with Gasteiger partial charge in [0.1, 0.15) is 11.0 Å². The van der Waals surface area contributed by atoms with Crippen molar-refractivity contribution in [2.75, 3.05) is 0 Å². The van der Waals surface area contributed by atoms with Crippen molar-refractivity contribution in [2.24, 2.45) is 5.73 Å². The molecule has 0 amide bonds. The number of rotatable bonds is 1. The second-order valence-corrected chi connectivity index (χ2v) is 2.82. The van der Waals surface area contributed by atoms with Gasteiger partial charge in [-0.05, 0) is 17.7 Å². The van der Waals surface area contributed by atoms with Gasteiger partial charge in [0.05, 0.1) is 11.7 Å². The first kappa shape index (κ1) is 6.69. The number of benzene rings is 1. The molecule has 0 unspecified atom stereocenters. The first-order chi connectivity index (χ1) is 5.40. The standard InChI is InChI=1S/C7H7N3S/c8-4-5-1-2-6-7(3-5)10-11-9-6/h1-3H,4,8H2. The molecule has 0 saturated heterocycles. The monoisotopic (exact) mass is 165 g/mol. The van der Waals surface area contributed by atoms with Crippen LogP contribution < -0.4 is 5.73 Å². The molecule has 2 aromatic rings. The third kappa shape index (κ3) is 1.10. The molecule has 2 rings (SSSR count). The Hall–Kier alpha value is -1.00. The van der Waals surface area contributed by atoms with Crippen LogP contribution in [0.1, 0.15) is 5.56 Å². The van der Waals surface area contributed by atoms with Crippen LogP contribution in [0.15, 0.2) is 18.2 Å². The van der Waals surface area contributed by atoms with Gasteiger partial charge in [0.2, 0.25) is 0 Å². The highest BCUT2D eigenvalue weighted by Gasteiger charge is 1.97. The molecule has 0 atom stereocenters. The van der Waals surface area contributed by atoms with Crippen molar-refractivity contribution in [3.05, 3.63) is 23.8 Å². The van der Waals surface area contributed by atoms with E-state index < -0.39 is 0 Å². The Morgan fingerprint density at radius 2 is 2.09 bits per heavy atom. The molecule has 11 heavy (non-hydrogen) atoms. The minimum Gasteiger partial charge on any atom is -0.326 e. The maximum atomic E-state index is 5.46. The van der Waals surface area contributed by atoms with Gasteiger partial charge in [0.15, 0.2) is 0 Å². The lowest BCUT2D eigenvalue weighted by atomic mass is 10.2. The summed E-state index contributed by atoms with van der Waals surface area (Å²) in [5.41, 5.74) is 8.46. The van der Waals surface area contributed by atoms with E-state index in [4.69, 9.17) is 5.73 Å². The van der Waals surface area contributed by atoms with Crippen LogP contribution in [-0.2, 0) is 6.54 Å². The Balaban J connectivity index is 2.67. The van der Waals surface area contributed by atoms with Gasteiger partial charge in [-0.2, -0.15) is 8.75 Å². The molecule has 0 saturated carbocycles. The highest BCUT2D eigenvalue weighted by atomic mass is 32.1. The molecular weight excluding hydrogens is 158 g/mol. The summed E-state index contributed by atoms with van der Waals surface area (Å²) >= 11 is 1.23. The summed E-state index contributed by atoms with van der Waals surface area (Å²) in [6.45, 7) is 0.563. The van der Waals surface area contributed by atoms with Crippen molar-refractivity contribution < 1.29 is 0 Å². The highest BCUT2D eigenvalue weighted by Crippen LogP contribution is 2.12. The molecule has 0 spiro atoms. The topological polar surface area (TPSA) is 51.8 Å². The fourth-order valence-electron chi connectivity index (χ4n) is 0.955. The average molecular weight is 165 g/mol. The molecule has 2 N–H and O–H groups in total. The lowest BCUT2D eigenvalue weighted by Crippen LogP contribution is -1.94. The zero-order valence-electron chi connectivity index (χ0n) is 5.82. The van der Waals surface area contributed by atoms with Crippen LogP contribution in [0.2, 0.25) is 0 Å². The van der Waals surface area contributed by atoms with Gasteiger partial charge < -0.3 is 5.73 Å². The normalized spacial score (nSPS) is 10.6. The van der Waals surface area contributed by atoms with Gasteiger partial charge in [0, 0.05) is 6.54 Å². The summed E-state index contributed by atoms with van der Waals surface area (Å²) in [4.78, 5) is 0. The van der Waals surface area contributed by atoms with Gasteiger partial charge in [-0.25, -0.2) is 0 Å². The van der Waals surface area contributed by atoms with Crippen LogP contribution in [0.4, 0.5) is 0 Å². The summed E-state index contributed by atoms with van der Waals surface area (Å²) in [5.74, 6) is 0. The quantitative estimate of drug-likeness (QED) is 0.689. The van der Waals surface area contributed by atoms with E-state index in [2.05, 4.69) is 8.75 Å². The van der Waals surface area contributed by atoms with E-state index >= 15 is 0 Å².